The highest BCUT2D eigenvalue weighted by Gasteiger charge is 2.21. The van der Waals surface area contributed by atoms with Gasteiger partial charge in [0.15, 0.2) is 0 Å². The number of para-hydroxylation sites is 3. The zero-order chi connectivity index (χ0) is 22.1. The number of hydrogen-bond donors (Lipinski definition) is 1. The van der Waals surface area contributed by atoms with Crippen molar-refractivity contribution in [2.75, 3.05) is 37.1 Å². The van der Waals surface area contributed by atoms with Gasteiger partial charge in [0.25, 0.3) is 11.8 Å². The zero-order valence-electron chi connectivity index (χ0n) is 17.7. The quantitative estimate of drug-likeness (QED) is 0.515. The molecule has 0 saturated heterocycles. The van der Waals surface area contributed by atoms with Crippen LogP contribution >= 0.6 is 0 Å². The number of ether oxygens (including phenoxy) is 2. The van der Waals surface area contributed by atoms with E-state index in [1.807, 2.05) is 37.3 Å². The molecule has 1 N–H and O–H groups in total. The first-order valence-electron chi connectivity index (χ1n) is 10.1. The molecule has 0 spiro atoms. The van der Waals surface area contributed by atoms with Crippen LogP contribution in [0.15, 0.2) is 78.9 Å². The first kappa shape index (κ1) is 22.1. The van der Waals surface area contributed by atoms with Crippen molar-refractivity contribution in [3.63, 3.8) is 0 Å². The Labute approximate surface area is 182 Å². The summed E-state index contributed by atoms with van der Waals surface area (Å²) >= 11 is 0. The monoisotopic (exact) mass is 418 g/mol. The fourth-order valence-corrected chi connectivity index (χ4v) is 3.18. The molecule has 0 aliphatic heterocycles. The molecule has 3 aromatic carbocycles. The number of rotatable bonds is 9. The second kappa shape index (κ2) is 10.9. The number of amides is 2. The lowest BCUT2D eigenvalue weighted by molar-refractivity contribution is 0.0989. The minimum absolute atomic E-state index is 0.186. The highest BCUT2D eigenvalue weighted by atomic mass is 16.5. The number of nitrogens with zero attached hydrogens (tertiary/aromatic N) is 1. The van der Waals surface area contributed by atoms with Gasteiger partial charge in [-0.1, -0.05) is 42.5 Å². The summed E-state index contributed by atoms with van der Waals surface area (Å²) in [7, 11) is 1.59. The first-order valence-corrected chi connectivity index (χ1v) is 10.1. The predicted molar refractivity (Wildman–Crippen MR) is 122 cm³/mol. The normalized spacial score (nSPS) is 10.4. The molecular weight excluding hydrogens is 392 g/mol. The van der Waals surface area contributed by atoms with Gasteiger partial charge in [-0.3, -0.25) is 9.59 Å². The van der Waals surface area contributed by atoms with E-state index >= 15 is 0 Å². The Balaban J connectivity index is 1.84. The molecule has 0 unspecified atom stereocenters. The fraction of sp³-hybridized carbons (Fsp3) is 0.200. The molecule has 6 nitrogen and oxygen atoms in total. The zero-order valence-corrected chi connectivity index (χ0v) is 17.7. The van der Waals surface area contributed by atoms with E-state index in [-0.39, 0.29) is 11.8 Å². The Morgan fingerprint density at radius 3 is 2.19 bits per heavy atom. The van der Waals surface area contributed by atoms with Crippen molar-refractivity contribution >= 4 is 23.2 Å². The number of hydrogen-bond acceptors (Lipinski definition) is 4. The van der Waals surface area contributed by atoms with Crippen molar-refractivity contribution in [2.24, 2.45) is 0 Å². The smallest absolute Gasteiger partial charge is 0.260 e. The molecule has 6 heteroatoms. The maximum atomic E-state index is 13.3. The largest absolute Gasteiger partial charge is 0.490 e. The first-order chi connectivity index (χ1) is 15.2. The highest BCUT2D eigenvalue weighted by molar-refractivity contribution is 6.14. The SMILES string of the molecule is CCN(C(=O)c1ccccc1NC(=O)c1ccccc1OCCOC)c1ccccc1. The summed E-state index contributed by atoms with van der Waals surface area (Å²) in [6.45, 7) is 3.17. The molecule has 3 rings (SSSR count). The predicted octanol–water partition coefficient (Wildman–Crippen LogP) is 4.63. The summed E-state index contributed by atoms with van der Waals surface area (Å²) in [6, 6.07) is 23.4. The Kier molecular flexibility index (Phi) is 7.79. The van der Waals surface area contributed by atoms with Crippen molar-refractivity contribution in [3.8, 4) is 5.75 Å². The lowest BCUT2D eigenvalue weighted by atomic mass is 10.1. The van der Waals surface area contributed by atoms with Gasteiger partial charge in [-0.25, -0.2) is 0 Å². The van der Waals surface area contributed by atoms with Gasteiger partial charge >= 0.3 is 0 Å². The van der Waals surface area contributed by atoms with Crippen molar-refractivity contribution < 1.29 is 19.1 Å². The van der Waals surface area contributed by atoms with Crippen LogP contribution in [-0.4, -0.2) is 38.7 Å². The topological polar surface area (TPSA) is 67.9 Å². The maximum Gasteiger partial charge on any atom is 0.260 e. The third kappa shape index (κ3) is 5.49. The minimum Gasteiger partial charge on any atom is -0.490 e. The second-order valence-corrected chi connectivity index (χ2v) is 6.72. The number of nitrogens with one attached hydrogen (secondary N) is 1. The van der Waals surface area contributed by atoms with E-state index in [2.05, 4.69) is 5.32 Å². The molecule has 0 bridgehead atoms. The second-order valence-electron chi connectivity index (χ2n) is 6.72. The fourth-order valence-electron chi connectivity index (χ4n) is 3.18. The van der Waals surface area contributed by atoms with E-state index in [0.29, 0.717) is 42.3 Å². The molecular formula is C25H26N2O4. The van der Waals surface area contributed by atoms with Crippen LogP contribution in [0.3, 0.4) is 0 Å². The van der Waals surface area contributed by atoms with E-state index < -0.39 is 0 Å². The van der Waals surface area contributed by atoms with Gasteiger partial charge in [0.1, 0.15) is 12.4 Å². The minimum atomic E-state index is -0.351. The van der Waals surface area contributed by atoms with Crippen LogP contribution in [0.1, 0.15) is 27.6 Å². The van der Waals surface area contributed by atoms with Gasteiger partial charge in [0.05, 0.1) is 23.4 Å². The van der Waals surface area contributed by atoms with Gasteiger partial charge in [-0.05, 0) is 43.3 Å². The van der Waals surface area contributed by atoms with E-state index in [0.717, 1.165) is 5.69 Å². The number of carbonyl (C=O) groups is 2. The third-order valence-electron chi connectivity index (χ3n) is 4.71. The number of carbonyl (C=O) groups excluding carboxylic acids is 2. The Hall–Kier alpha value is -3.64. The van der Waals surface area contributed by atoms with Crippen LogP contribution < -0.4 is 15.0 Å². The van der Waals surface area contributed by atoms with Gasteiger partial charge in [-0.2, -0.15) is 0 Å². The van der Waals surface area contributed by atoms with Crippen LogP contribution in [0.4, 0.5) is 11.4 Å². The van der Waals surface area contributed by atoms with Crippen molar-refractivity contribution in [3.05, 3.63) is 90.0 Å². The molecule has 160 valence electrons. The van der Waals surface area contributed by atoms with E-state index in [9.17, 15) is 9.59 Å². The van der Waals surface area contributed by atoms with E-state index in [1.54, 1.807) is 60.5 Å². The molecule has 0 heterocycles. The Morgan fingerprint density at radius 2 is 1.48 bits per heavy atom. The van der Waals surface area contributed by atoms with Crippen molar-refractivity contribution in [1.82, 2.24) is 0 Å². The van der Waals surface area contributed by atoms with Crippen molar-refractivity contribution in [1.29, 1.82) is 0 Å². The number of benzene rings is 3. The number of methoxy groups -OCH3 is 1. The lowest BCUT2D eigenvalue weighted by Gasteiger charge is -2.22. The molecule has 0 saturated carbocycles. The summed E-state index contributed by atoms with van der Waals surface area (Å²) in [4.78, 5) is 28.0. The molecule has 0 aromatic heterocycles. The molecule has 0 aliphatic carbocycles. The van der Waals surface area contributed by atoms with Crippen LogP contribution in [0, 0.1) is 0 Å². The highest BCUT2D eigenvalue weighted by Crippen LogP contribution is 2.24. The summed E-state index contributed by atoms with van der Waals surface area (Å²) in [5.74, 6) is -0.0782. The Bertz CT molecular complexity index is 1020. The third-order valence-corrected chi connectivity index (χ3v) is 4.71. The summed E-state index contributed by atoms with van der Waals surface area (Å²) in [5.41, 5.74) is 2.04. The Morgan fingerprint density at radius 1 is 0.839 bits per heavy atom. The van der Waals surface area contributed by atoms with Crippen LogP contribution in [0.25, 0.3) is 0 Å². The van der Waals surface area contributed by atoms with Gasteiger partial charge in [0, 0.05) is 19.3 Å². The van der Waals surface area contributed by atoms with Crippen molar-refractivity contribution in [2.45, 2.75) is 6.92 Å². The summed E-state index contributed by atoms with van der Waals surface area (Å²) in [6.07, 6.45) is 0. The molecule has 3 aromatic rings. The van der Waals surface area contributed by atoms with Crippen LogP contribution in [0.5, 0.6) is 5.75 Å². The maximum absolute atomic E-state index is 13.3. The molecule has 0 aliphatic rings. The molecule has 0 atom stereocenters. The average molecular weight is 418 g/mol. The van der Waals surface area contributed by atoms with Crippen LogP contribution in [0.2, 0.25) is 0 Å². The summed E-state index contributed by atoms with van der Waals surface area (Å²) in [5, 5.41) is 2.87. The van der Waals surface area contributed by atoms with Gasteiger partial charge in [-0.15, -0.1) is 0 Å². The standard InChI is InChI=1S/C25H26N2O4/c1-3-27(19-11-5-4-6-12-19)25(29)20-13-7-9-15-22(20)26-24(28)21-14-8-10-16-23(21)31-18-17-30-2/h4-16H,3,17-18H2,1-2H3,(H,26,28). The van der Waals surface area contributed by atoms with Gasteiger partial charge < -0.3 is 19.7 Å². The van der Waals surface area contributed by atoms with Crippen LogP contribution in [-0.2, 0) is 4.74 Å². The number of anilines is 2. The van der Waals surface area contributed by atoms with Gasteiger partial charge in [0.2, 0.25) is 0 Å². The molecule has 0 fully saturated rings. The molecule has 2 amide bonds. The average Bonchev–Trinajstić information content (AvgIpc) is 2.81. The van der Waals surface area contributed by atoms with E-state index in [1.165, 1.54) is 0 Å². The summed E-state index contributed by atoms with van der Waals surface area (Å²) < 4.78 is 10.7. The molecule has 0 radical (unpaired) electrons. The van der Waals surface area contributed by atoms with E-state index in [4.69, 9.17) is 9.47 Å². The lowest BCUT2D eigenvalue weighted by Crippen LogP contribution is -2.31. The molecule has 31 heavy (non-hydrogen) atoms.